The molecule has 1 saturated heterocycles. The average Bonchev–Trinajstić information content (AvgIpc) is 3.48. The van der Waals surface area contributed by atoms with Crippen molar-refractivity contribution in [2.24, 2.45) is 0 Å². The zero-order chi connectivity index (χ0) is 18.6. The Kier molecular flexibility index (Phi) is 5.78. The first-order valence-corrected chi connectivity index (χ1v) is 10.8. The van der Waals surface area contributed by atoms with Crippen LogP contribution in [0.4, 0.5) is 0 Å². The fourth-order valence-corrected chi connectivity index (χ4v) is 4.33. The largest absolute Gasteiger partial charge is 0.341 e. The van der Waals surface area contributed by atoms with Gasteiger partial charge in [-0.05, 0) is 38.4 Å². The van der Waals surface area contributed by atoms with Gasteiger partial charge in [-0.3, -0.25) is 4.79 Å². The van der Waals surface area contributed by atoms with Crippen LogP contribution < -0.4 is 0 Å². The van der Waals surface area contributed by atoms with E-state index >= 15 is 0 Å². The lowest BCUT2D eigenvalue weighted by Crippen LogP contribution is -2.35. The van der Waals surface area contributed by atoms with Gasteiger partial charge in [0, 0.05) is 25.6 Å². The van der Waals surface area contributed by atoms with Crippen LogP contribution in [0.5, 0.6) is 0 Å². The third kappa shape index (κ3) is 4.71. The van der Waals surface area contributed by atoms with Crippen LogP contribution in [-0.4, -0.2) is 69.5 Å². The third-order valence-electron chi connectivity index (χ3n) is 5.27. The van der Waals surface area contributed by atoms with Gasteiger partial charge in [0.2, 0.25) is 5.91 Å². The van der Waals surface area contributed by atoms with Gasteiger partial charge < -0.3 is 14.4 Å². The van der Waals surface area contributed by atoms with Crippen LogP contribution in [0.2, 0.25) is 0 Å². The molecule has 0 atom stereocenters. The first-order valence-electron chi connectivity index (χ1n) is 9.77. The van der Waals surface area contributed by atoms with Crippen LogP contribution in [0.3, 0.4) is 0 Å². The average molecular weight is 386 g/mol. The maximum atomic E-state index is 12.7. The lowest BCUT2D eigenvalue weighted by molar-refractivity contribution is -0.128. The molecule has 0 N–H and O–H groups in total. The van der Waals surface area contributed by atoms with E-state index in [0.29, 0.717) is 11.7 Å². The molecule has 1 amide bonds. The van der Waals surface area contributed by atoms with Gasteiger partial charge in [-0.1, -0.05) is 42.1 Å². The Morgan fingerprint density at radius 3 is 2.70 bits per heavy atom. The summed E-state index contributed by atoms with van der Waals surface area (Å²) >= 11 is 1.53. The summed E-state index contributed by atoms with van der Waals surface area (Å²) in [5.74, 6) is 2.25. The topological polar surface area (TPSA) is 54.3 Å². The van der Waals surface area contributed by atoms with Gasteiger partial charge >= 0.3 is 0 Å². The van der Waals surface area contributed by atoms with Crippen LogP contribution in [0.1, 0.15) is 36.6 Å². The highest BCUT2D eigenvalue weighted by molar-refractivity contribution is 7.99. The smallest absolute Gasteiger partial charge is 0.233 e. The van der Waals surface area contributed by atoms with Crippen LogP contribution in [-0.2, 0) is 11.3 Å². The second kappa shape index (κ2) is 8.44. The molecule has 0 unspecified atom stereocenters. The van der Waals surface area contributed by atoms with E-state index in [1.807, 2.05) is 11.0 Å². The number of hydrogen-bond donors (Lipinski definition) is 0. The Balaban J connectivity index is 1.43. The lowest BCUT2D eigenvalue weighted by atomic mass is 10.2. The highest BCUT2D eigenvalue weighted by Gasteiger charge is 2.30. The maximum absolute atomic E-state index is 12.7. The van der Waals surface area contributed by atoms with Gasteiger partial charge in [-0.2, -0.15) is 0 Å². The van der Waals surface area contributed by atoms with Gasteiger partial charge in [-0.25, -0.2) is 0 Å². The summed E-state index contributed by atoms with van der Waals surface area (Å²) < 4.78 is 2.21. The summed E-state index contributed by atoms with van der Waals surface area (Å²) in [5, 5.41) is 9.73. The number of hydrogen-bond acceptors (Lipinski definition) is 5. The number of aromatic nitrogens is 3. The molecule has 7 heteroatoms. The summed E-state index contributed by atoms with van der Waals surface area (Å²) in [6, 6.07) is 10.4. The van der Waals surface area contributed by atoms with E-state index in [-0.39, 0.29) is 5.91 Å². The molecular weight excluding hydrogens is 358 g/mol. The lowest BCUT2D eigenvalue weighted by Gasteiger charge is -2.20. The van der Waals surface area contributed by atoms with Crippen LogP contribution in [0, 0.1) is 0 Å². The first-order chi connectivity index (χ1) is 13.2. The van der Waals surface area contributed by atoms with Crippen molar-refractivity contribution in [3.05, 3.63) is 41.7 Å². The molecule has 2 aliphatic rings. The molecule has 27 heavy (non-hydrogen) atoms. The van der Waals surface area contributed by atoms with Gasteiger partial charge in [0.15, 0.2) is 5.16 Å². The van der Waals surface area contributed by atoms with E-state index in [1.54, 1.807) is 0 Å². The number of rotatable bonds is 6. The van der Waals surface area contributed by atoms with Crippen LogP contribution in [0.25, 0.3) is 0 Å². The summed E-state index contributed by atoms with van der Waals surface area (Å²) in [6.07, 6.45) is 3.43. The molecule has 1 aliphatic carbocycles. The zero-order valence-electron chi connectivity index (χ0n) is 15.9. The number of thioether (sulfide) groups is 1. The Labute approximate surface area is 164 Å². The molecule has 6 nitrogen and oxygen atoms in total. The Bertz CT molecular complexity index is 774. The molecule has 2 aromatic rings. The highest BCUT2D eigenvalue weighted by Crippen LogP contribution is 2.40. The van der Waals surface area contributed by atoms with Gasteiger partial charge in [0.05, 0.1) is 12.3 Å². The van der Waals surface area contributed by atoms with Crippen molar-refractivity contribution >= 4 is 17.7 Å². The number of amides is 1. The minimum atomic E-state index is 0.206. The Morgan fingerprint density at radius 2 is 1.93 bits per heavy atom. The fraction of sp³-hybridized carbons (Fsp3) is 0.550. The van der Waals surface area contributed by atoms with E-state index in [9.17, 15) is 4.79 Å². The molecule has 0 spiro atoms. The van der Waals surface area contributed by atoms with E-state index in [1.165, 1.54) is 30.2 Å². The Morgan fingerprint density at radius 1 is 1.11 bits per heavy atom. The molecule has 1 aliphatic heterocycles. The number of carbonyl (C=O) groups is 1. The number of nitrogens with zero attached hydrogens (tertiary/aromatic N) is 5. The van der Waals surface area contributed by atoms with Crippen molar-refractivity contribution in [2.45, 2.75) is 36.9 Å². The predicted molar refractivity (Wildman–Crippen MR) is 107 cm³/mol. The van der Waals surface area contributed by atoms with E-state index in [4.69, 9.17) is 0 Å². The number of likely N-dealkylation sites (N-methyl/N-ethyl adjacent to an activating group) is 1. The summed E-state index contributed by atoms with van der Waals surface area (Å²) in [4.78, 5) is 17.0. The van der Waals surface area contributed by atoms with Crippen molar-refractivity contribution < 1.29 is 4.79 Å². The summed E-state index contributed by atoms with van der Waals surface area (Å²) in [5.41, 5.74) is 1.24. The number of benzene rings is 1. The van der Waals surface area contributed by atoms with Crippen LogP contribution in [0.15, 0.2) is 35.5 Å². The SMILES string of the molecule is CN1CCCN(C(=O)CSc2nnc(C3CC3)n2Cc2ccccc2)CC1. The van der Waals surface area contributed by atoms with Crippen molar-refractivity contribution in [1.82, 2.24) is 24.6 Å². The molecule has 2 heterocycles. The number of carbonyl (C=O) groups excluding carboxylic acids is 1. The molecule has 0 radical (unpaired) electrons. The van der Waals surface area contributed by atoms with Gasteiger partial charge in [-0.15, -0.1) is 10.2 Å². The first kappa shape index (κ1) is 18.5. The molecule has 1 aromatic heterocycles. The molecule has 4 rings (SSSR count). The molecule has 0 bridgehead atoms. The van der Waals surface area contributed by atoms with Crippen molar-refractivity contribution in [3.63, 3.8) is 0 Å². The van der Waals surface area contributed by atoms with Gasteiger partial charge in [0.25, 0.3) is 0 Å². The molecule has 1 saturated carbocycles. The molecular formula is C20H27N5OS. The fourth-order valence-electron chi connectivity index (χ4n) is 3.48. The quantitative estimate of drug-likeness (QED) is 0.715. The third-order valence-corrected chi connectivity index (χ3v) is 6.22. The zero-order valence-corrected chi connectivity index (χ0v) is 16.7. The van der Waals surface area contributed by atoms with Crippen molar-refractivity contribution in [2.75, 3.05) is 39.0 Å². The van der Waals surface area contributed by atoms with Crippen LogP contribution >= 0.6 is 11.8 Å². The second-order valence-corrected chi connectivity index (χ2v) is 8.46. The van der Waals surface area contributed by atoms with E-state index in [0.717, 1.165) is 50.1 Å². The molecule has 144 valence electrons. The van der Waals surface area contributed by atoms with E-state index in [2.05, 4.69) is 51.0 Å². The normalized spacial score (nSPS) is 18.5. The maximum Gasteiger partial charge on any atom is 0.233 e. The minimum absolute atomic E-state index is 0.206. The van der Waals surface area contributed by atoms with Gasteiger partial charge in [0.1, 0.15) is 5.82 Å². The standard InChI is InChI=1S/C20H27N5OS/c1-23-10-5-11-24(13-12-23)18(26)15-27-20-22-21-19(17-8-9-17)25(20)14-16-6-3-2-4-7-16/h2-4,6-7,17H,5,8-15H2,1H3. The molecule has 2 fully saturated rings. The molecule has 1 aromatic carbocycles. The highest BCUT2D eigenvalue weighted by atomic mass is 32.2. The van der Waals surface area contributed by atoms with Crippen molar-refractivity contribution in [3.8, 4) is 0 Å². The summed E-state index contributed by atoms with van der Waals surface area (Å²) in [6.45, 7) is 4.46. The summed E-state index contributed by atoms with van der Waals surface area (Å²) in [7, 11) is 2.12. The second-order valence-electron chi connectivity index (χ2n) is 7.51. The van der Waals surface area contributed by atoms with Crippen molar-refractivity contribution in [1.29, 1.82) is 0 Å². The Hall–Kier alpha value is -1.86. The van der Waals surface area contributed by atoms with E-state index < -0.39 is 0 Å². The predicted octanol–water partition coefficient (Wildman–Crippen LogP) is 2.46. The monoisotopic (exact) mass is 385 g/mol. The minimum Gasteiger partial charge on any atom is -0.341 e.